The number of nitrogens with one attached hydrogen (secondary N) is 1. The number of rotatable bonds is 10. The van der Waals surface area contributed by atoms with Crippen LogP contribution in [0.2, 0.25) is 0 Å². The van der Waals surface area contributed by atoms with Crippen LogP contribution in [0, 0.1) is 5.82 Å². The Morgan fingerprint density at radius 3 is 2.05 bits per heavy atom. The molecule has 2 heterocycles. The molecule has 13 heteroatoms. The molecule has 1 aliphatic rings. The quantitative estimate of drug-likeness (QED) is 0.237. The van der Waals surface area contributed by atoms with Crippen molar-refractivity contribution in [3.05, 3.63) is 83.9 Å². The number of piperidine rings is 1. The van der Waals surface area contributed by atoms with Crippen molar-refractivity contribution in [2.45, 2.75) is 50.3 Å². The van der Waals surface area contributed by atoms with Crippen molar-refractivity contribution in [1.29, 1.82) is 0 Å². The first-order valence-corrected chi connectivity index (χ1v) is 13.1. The second-order valence-electron chi connectivity index (χ2n) is 10.1. The van der Waals surface area contributed by atoms with Crippen molar-refractivity contribution >= 4 is 23.8 Å². The summed E-state index contributed by atoms with van der Waals surface area (Å²) >= 11 is 0. The van der Waals surface area contributed by atoms with Gasteiger partial charge in [0.05, 0.1) is 24.1 Å². The van der Waals surface area contributed by atoms with Gasteiger partial charge in [-0.05, 0) is 48.2 Å². The molecule has 12 nitrogen and oxygen atoms in total. The Bertz CT molecular complexity index is 1370. The van der Waals surface area contributed by atoms with Crippen LogP contribution in [-0.4, -0.2) is 77.6 Å². The number of nitrogens with zero attached hydrogens (tertiary/aromatic N) is 3. The number of likely N-dealkylation sites (tertiary alicyclic amines) is 1. The first-order valence-electron chi connectivity index (χ1n) is 13.1. The first kappa shape index (κ1) is 31.9. The van der Waals surface area contributed by atoms with Crippen LogP contribution in [0.5, 0.6) is 0 Å². The van der Waals surface area contributed by atoms with Crippen molar-refractivity contribution in [2.75, 3.05) is 13.1 Å². The van der Waals surface area contributed by atoms with Gasteiger partial charge in [-0.1, -0.05) is 30.3 Å². The van der Waals surface area contributed by atoms with E-state index in [0.29, 0.717) is 0 Å². The van der Waals surface area contributed by atoms with E-state index >= 15 is 0 Å². The van der Waals surface area contributed by atoms with Gasteiger partial charge in [0.15, 0.2) is 5.60 Å². The number of para-hydroxylation sites is 1. The number of hydrogen-bond donors (Lipinski definition) is 5. The Morgan fingerprint density at radius 2 is 1.55 bits per heavy atom. The Kier molecular flexibility index (Phi) is 10.5. The molecule has 1 aliphatic heterocycles. The van der Waals surface area contributed by atoms with E-state index in [2.05, 4.69) is 27.4 Å². The Hall–Kier alpha value is -4.62. The molecule has 0 atom stereocenters. The number of carbonyl (C=O) groups excluding carboxylic acids is 1. The van der Waals surface area contributed by atoms with Crippen molar-refractivity contribution in [3.8, 4) is 5.69 Å². The monoisotopic (exact) mass is 584 g/mol. The maximum Gasteiger partial charge on any atom is 0.336 e. The topological polar surface area (TPSA) is 182 Å². The maximum atomic E-state index is 13.4. The number of aliphatic carboxylic acids is 3. The third-order valence-electron chi connectivity index (χ3n) is 6.94. The molecule has 1 fully saturated rings. The summed E-state index contributed by atoms with van der Waals surface area (Å²) in [6, 6.07) is 16.7. The van der Waals surface area contributed by atoms with E-state index in [1.165, 1.54) is 24.6 Å². The summed E-state index contributed by atoms with van der Waals surface area (Å²) in [6.07, 6.45) is 3.00. The molecule has 0 spiro atoms. The molecule has 224 valence electrons. The van der Waals surface area contributed by atoms with Gasteiger partial charge in [-0.15, -0.1) is 0 Å². The first-order chi connectivity index (χ1) is 19.8. The molecule has 1 aromatic heterocycles. The summed E-state index contributed by atoms with van der Waals surface area (Å²) in [4.78, 5) is 44.8. The van der Waals surface area contributed by atoms with Crippen LogP contribution in [0.4, 0.5) is 4.39 Å². The molecule has 1 saturated heterocycles. The van der Waals surface area contributed by atoms with Crippen molar-refractivity contribution in [3.63, 3.8) is 0 Å². The van der Waals surface area contributed by atoms with Crippen LogP contribution in [-0.2, 0) is 31.3 Å². The summed E-state index contributed by atoms with van der Waals surface area (Å²) in [5, 5.41) is 41.3. The van der Waals surface area contributed by atoms with Gasteiger partial charge in [0.1, 0.15) is 5.82 Å². The summed E-state index contributed by atoms with van der Waals surface area (Å²) in [5.41, 5.74) is 0.0697. The van der Waals surface area contributed by atoms with Gasteiger partial charge in [-0.2, -0.15) is 5.10 Å². The van der Waals surface area contributed by atoms with Crippen LogP contribution in [0.1, 0.15) is 43.7 Å². The molecule has 0 radical (unpaired) electrons. The number of halogens is 1. The van der Waals surface area contributed by atoms with Gasteiger partial charge in [-0.3, -0.25) is 19.3 Å². The van der Waals surface area contributed by atoms with Crippen LogP contribution in [0.25, 0.3) is 5.69 Å². The molecule has 1 amide bonds. The Balaban J connectivity index is 0.000000316. The minimum Gasteiger partial charge on any atom is -0.481 e. The average molecular weight is 585 g/mol. The lowest BCUT2D eigenvalue weighted by Gasteiger charge is -2.43. The number of carbonyl (C=O) groups is 4. The minimum absolute atomic E-state index is 0.0631. The van der Waals surface area contributed by atoms with E-state index in [0.717, 1.165) is 43.7 Å². The van der Waals surface area contributed by atoms with Gasteiger partial charge in [0.2, 0.25) is 5.91 Å². The predicted molar refractivity (Wildman–Crippen MR) is 147 cm³/mol. The molecular weight excluding hydrogens is 551 g/mol. The normalized spacial score (nSPS) is 14.7. The lowest BCUT2D eigenvalue weighted by molar-refractivity contribution is -0.170. The Labute approximate surface area is 241 Å². The second-order valence-corrected chi connectivity index (χ2v) is 10.1. The third-order valence-corrected chi connectivity index (χ3v) is 6.94. The van der Waals surface area contributed by atoms with Crippen LogP contribution >= 0.6 is 0 Å². The number of amides is 1. The minimum atomic E-state index is -2.74. The van der Waals surface area contributed by atoms with E-state index in [1.807, 2.05) is 29.1 Å². The van der Waals surface area contributed by atoms with Crippen LogP contribution in [0.3, 0.4) is 0 Å². The lowest BCUT2D eigenvalue weighted by atomic mass is 9.80. The van der Waals surface area contributed by atoms with Gasteiger partial charge in [0, 0.05) is 39.0 Å². The highest BCUT2D eigenvalue weighted by Crippen LogP contribution is 2.34. The zero-order chi connectivity index (χ0) is 30.9. The molecule has 0 aliphatic carbocycles. The number of aliphatic hydroxyl groups is 1. The van der Waals surface area contributed by atoms with E-state index < -0.39 is 41.9 Å². The molecule has 0 bridgehead atoms. The van der Waals surface area contributed by atoms with Gasteiger partial charge in [0.25, 0.3) is 0 Å². The number of carboxylic acid groups (broad SMARTS) is 3. The number of aromatic nitrogens is 2. The fraction of sp³-hybridized carbons (Fsp3) is 0.345. The SMILES string of the molecule is CC(=O)NC1(c2ccc(F)cc2)CCN(Cc2ccccc2-n2cccn2)CC1.O=C(O)CC(O)(CC(=O)O)C(=O)O. The summed E-state index contributed by atoms with van der Waals surface area (Å²) in [6.45, 7) is 4.03. The standard InChI is InChI=1S/C23H25FN4O.C6H8O7/c1-18(29)26-23(20-7-9-21(24)10-8-20)11-15-27(16-12-23)17-19-5-2-3-6-22(19)28-14-4-13-25-28;7-3(8)1-6(13,5(11)12)2-4(9)10/h2-10,13-14H,11-12,15-17H2,1H3,(H,26,29);13H,1-2H2,(H,7,8)(H,9,10)(H,11,12). The summed E-state index contributed by atoms with van der Waals surface area (Å²) < 4.78 is 15.3. The highest BCUT2D eigenvalue weighted by atomic mass is 19.1. The fourth-order valence-corrected chi connectivity index (χ4v) is 4.92. The molecule has 42 heavy (non-hydrogen) atoms. The van der Waals surface area contributed by atoms with Gasteiger partial charge < -0.3 is 25.7 Å². The number of carboxylic acids is 3. The lowest BCUT2D eigenvalue weighted by Crippen LogP contribution is -2.52. The number of hydrogen-bond acceptors (Lipinski definition) is 7. The molecule has 2 aromatic carbocycles. The molecular formula is C29H33FN4O8. The molecule has 0 saturated carbocycles. The smallest absolute Gasteiger partial charge is 0.336 e. The van der Waals surface area contributed by atoms with Crippen molar-refractivity contribution in [2.24, 2.45) is 0 Å². The molecule has 3 aromatic rings. The van der Waals surface area contributed by atoms with Crippen molar-refractivity contribution in [1.82, 2.24) is 20.0 Å². The predicted octanol–water partition coefficient (Wildman–Crippen LogP) is 2.39. The van der Waals surface area contributed by atoms with Crippen molar-refractivity contribution < 1.29 is 44.0 Å². The average Bonchev–Trinajstić information content (AvgIpc) is 3.45. The fourth-order valence-electron chi connectivity index (χ4n) is 4.92. The third kappa shape index (κ3) is 8.44. The molecule has 0 unspecified atom stereocenters. The zero-order valence-corrected chi connectivity index (χ0v) is 22.9. The highest BCUT2D eigenvalue weighted by molar-refractivity contribution is 5.88. The Morgan fingerprint density at radius 1 is 0.952 bits per heavy atom. The van der Waals surface area contributed by atoms with Gasteiger partial charge >= 0.3 is 17.9 Å². The van der Waals surface area contributed by atoms with E-state index in [-0.39, 0.29) is 11.7 Å². The largest absolute Gasteiger partial charge is 0.481 e. The maximum absolute atomic E-state index is 13.4. The summed E-state index contributed by atoms with van der Waals surface area (Å²) in [5.74, 6) is -5.35. The molecule has 4 rings (SSSR count). The van der Waals surface area contributed by atoms with Gasteiger partial charge in [-0.25, -0.2) is 13.9 Å². The molecule has 5 N–H and O–H groups in total. The number of benzene rings is 2. The van der Waals surface area contributed by atoms with Crippen LogP contribution in [0.15, 0.2) is 67.0 Å². The zero-order valence-electron chi connectivity index (χ0n) is 22.9. The summed E-state index contributed by atoms with van der Waals surface area (Å²) in [7, 11) is 0. The highest BCUT2D eigenvalue weighted by Gasteiger charge is 2.41. The van der Waals surface area contributed by atoms with E-state index in [9.17, 15) is 23.6 Å². The second kappa shape index (κ2) is 13.8. The van der Waals surface area contributed by atoms with E-state index in [1.54, 1.807) is 18.3 Å². The van der Waals surface area contributed by atoms with E-state index in [4.69, 9.17) is 20.4 Å². The van der Waals surface area contributed by atoms with Crippen LogP contribution < -0.4 is 5.32 Å².